The number of phenols is 23. The fraction of sp³-hybridized carbons (Fsp3) is 0.176. The van der Waals surface area contributed by atoms with E-state index in [4.69, 9.17) is 52.1 Å². The first kappa shape index (κ1) is 77.7. The third kappa shape index (κ3) is 14.5. The molecule has 8 aromatic rings. The second-order valence-electron chi connectivity index (χ2n) is 24.0. The molecule has 0 spiro atoms. The zero-order valence-electron chi connectivity index (χ0n) is 55.1. The van der Waals surface area contributed by atoms with Gasteiger partial charge in [-0.15, -0.1) is 0 Å². The van der Waals surface area contributed by atoms with E-state index >= 15 is 4.79 Å². The van der Waals surface area contributed by atoms with Crippen molar-refractivity contribution in [2.45, 2.75) is 61.4 Å². The van der Waals surface area contributed by atoms with Crippen LogP contribution in [-0.2, 0) is 47.4 Å². The van der Waals surface area contributed by atoms with Crippen LogP contribution in [0.3, 0.4) is 0 Å². The Morgan fingerprint density at radius 3 is 1.17 bits per heavy atom. The van der Waals surface area contributed by atoms with E-state index in [1.165, 1.54) is 0 Å². The van der Waals surface area contributed by atoms with Gasteiger partial charge in [0.25, 0.3) is 0 Å². The number of aromatic hydroxyl groups is 23. The first-order valence-electron chi connectivity index (χ1n) is 31.0. The minimum absolute atomic E-state index is 0.113. The summed E-state index contributed by atoms with van der Waals surface area (Å²) in [4.78, 5) is 115. The van der Waals surface area contributed by atoms with E-state index < -0.39 is 322 Å². The number of benzene rings is 8. The number of hydrogen-bond acceptors (Lipinski definition) is 44. The fourth-order valence-electron chi connectivity index (χ4n) is 11.2. The maximum atomic E-state index is 15.4. The summed E-state index contributed by atoms with van der Waals surface area (Å²) >= 11 is 0. The lowest BCUT2D eigenvalue weighted by Gasteiger charge is -2.44. The number of esters is 8. The first-order chi connectivity index (χ1) is 52.6. The Balaban J connectivity index is 1.05. The number of carbonyl (C=O) groups is 8. The van der Waals surface area contributed by atoms with Crippen LogP contribution in [0.25, 0.3) is 11.1 Å². The van der Waals surface area contributed by atoms with Crippen molar-refractivity contribution in [2.24, 2.45) is 0 Å². The molecule has 3 aliphatic heterocycles. The summed E-state index contributed by atoms with van der Waals surface area (Å²) in [5.74, 6) is -49.8. The van der Waals surface area contributed by atoms with Gasteiger partial charge in [0.2, 0.25) is 41.7 Å². The van der Waals surface area contributed by atoms with Gasteiger partial charge in [-0.05, 0) is 66.7 Å². The van der Waals surface area contributed by atoms with Gasteiger partial charge in [-0.25, -0.2) is 38.4 Å². The quantitative estimate of drug-likeness (QED) is 0.0395. The number of carbonyl (C=O) groups excluding carboxylic acids is 8. The molecule has 0 aliphatic carbocycles. The Morgan fingerprint density at radius 2 is 0.714 bits per heavy atom. The Kier molecular flexibility index (Phi) is 20.6. The average molecular weight is 1570 g/mol. The zero-order valence-corrected chi connectivity index (χ0v) is 55.1. The lowest BCUT2D eigenvalue weighted by atomic mass is 9.91. The number of ether oxygens (including phenoxy) is 11. The van der Waals surface area contributed by atoms with E-state index in [2.05, 4.69) is 0 Å². The minimum Gasteiger partial charge on any atom is -0.504 e. The Bertz CT molecular complexity index is 5160. The summed E-state index contributed by atoms with van der Waals surface area (Å²) in [6.07, 6.45) is -26.1. The van der Waals surface area contributed by atoms with E-state index in [-0.39, 0.29) is 18.2 Å². The molecule has 0 unspecified atom stereocenters. The molecule has 3 aliphatic rings. The summed E-state index contributed by atoms with van der Waals surface area (Å²) in [7, 11) is 0. The molecule has 44 nitrogen and oxygen atoms in total. The molecule has 0 amide bonds. The largest absolute Gasteiger partial charge is 0.504 e. The Hall–Kier alpha value is -15.4. The standard InChI is InChI=1S/C68H52O44/c69-24-1-16(2-25(70)41(24)81)59(94)102-15-38-55(107-60(95)17-3-26(71)42(82)27(72)4-17)57(109-61(96)18-5-28(73)43(83)29(74)6-18)58(68(106-38)112-63(98)20-9-32(77)45(85)33(78)10-20)110-66(101)23-12-35(80)47(87)52(92)54(23)104-36-13-22-40(51(91)48(36)88)39-21(11-34(79)46(86)50(39)90)65(100)108-56-49(89)37(14-103-64(22)99)105-67(53(56)93)111-62(97)19-7-30(75)44(84)31(76)8-19/h1-13,37-38,49,53,55-58,67-93H,14-15H2/t37-,38-,49-,53+,55-,56+,57+,58-,67-,68+/m1/s1. The van der Waals surface area contributed by atoms with Crippen LogP contribution in [0.15, 0.2) is 78.9 Å². The molecular formula is C68H52O44. The van der Waals surface area contributed by atoms with Gasteiger partial charge in [0.15, 0.2) is 145 Å². The number of fused-ring (bicyclic) bond motifs is 5. The summed E-state index contributed by atoms with van der Waals surface area (Å²) in [5.41, 5.74) is -11.5. The summed E-state index contributed by atoms with van der Waals surface area (Å²) in [6.45, 7) is -2.86. The number of rotatable bonds is 15. The summed E-state index contributed by atoms with van der Waals surface area (Å²) < 4.78 is 61.1. The molecule has 25 N–H and O–H groups in total. The average Bonchev–Trinajstić information content (AvgIpc) is 0.741. The minimum atomic E-state index is -3.04. The molecule has 0 saturated carbocycles. The highest BCUT2D eigenvalue weighted by atomic mass is 16.8. The van der Waals surface area contributed by atoms with E-state index in [0.717, 1.165) is 0 Å². The predicted molar refractivity (Wildman–Crippen MR) is 346 cm³/mol. The number of cyclic esters (lactones) is 1. The van der Waals surface area contributed by atoms with Gasteiger partial charge in [-0.3, -0.25) is 0 Å². The maximum Gasteiger partial charge on any atom is 0.342 e. The van der Waals surface area contributed by atoms with Crippen molar-refractivity contribution in [3.8, 4) is 155 Å². The first-order valence-corrected chi connectivity index (χ1v) is 31.0. The Morgan fingerprint density at radius 1 is 0.348 bits per heavy atom. The maximum absolute atomic E-state index is 15.4. The van der Waals surface area contributed by atoms with E-state index in [1.54, 1.807) is 0 Å². The van der Waals surface area contributed by atoms with Crippen molar-refractivity contribution in [2.75, 3.05) is 13.2 Å². The van der Waals surface area contributed by atoms with Crippen molar-refractivity contribution < 1.29 is 218 Å². The van der Waals surface area contributed by atoms with Crippen LogP contribution in [0.5, 0.6) is 144 Å². The van der Waals surface area contributed by atoms with Gasteiger partial charge >= 0.3 is 47.8 Å². The smallest absolute Gasteiger partial charge is 0.342 e. The fourth-order valence-corrected chi connectivity index (χ4v) is 11.2. The lowest BCUT2D eigenvalue weighted by Crippen LogP contribution is -2.63. The van der Waals surface area contributed by atoms with Crippen LogP contribution in [0.4, 0.5) is 0 Å². The molecule has 3 heterocycles. The van der Waals surface area contributed by atoms with Gasteiger partial charge in [0.1, 0.15) is 37.1 Å². The molecule has 2 fully saturated rings. The normalized spacial score (nSPS) is 19.9. The van der Waals surface area contributed by atoms with Crippen LogP contribution in [0.1, 0.15) is 82.9 Å². The highest BCUT2D eigenvalue weighted by Crippen LogP contribution is 2.56. The van der Waals surface area contributed by atoms with Gasteiger partial charge in [0.05, 0.1) is 38.9 Å². The number of hydrogen-bond donors (Lipinski definition) is 25. The SMILES string of the molecule is O=C(OC[C@H]1O[C@@H](OC(=O)c2cc(O)c(O)c(O)c2)[C@H](OC(=O)c2cc(O)c(O)c(O)c2Oc2cc3c(c(O)c2O)-c2c(cc(O)c(O)c2O)C(=O)O[C@@H]2[C@H](O)[C@@H](OC(=O)c4cc(O)c(O)c(O)c4)O[C@H](COC3=O)[C@H]2O)[C@@H](OC(=O)c2cc(O)c(O)c(O)c2)[C@@H]1OC(=O)c1cc(O)c(O)c(O)c1)c1cc(O)c(O)c(O)c1. The Labute approximate surface area is 617 Å². The van der Waals surface area contributed by atoms with Gasteiger partial charge in [-0.1, -0.05) is 0 Å². The molecular weight excluding hydrogens is 1520 g/mol. The summed E-state index contributed by atoms with van der Waals surface area (Å²) in [5, 5.41) is 268. The van der Waals surface area contributed by atoms with Crippen molar-refractivity contribution >= 4 is 47.8 Å². The number of aliphatic hydroxyl groups is 2. The number of phenolic OH excluding ortho intramolecular Hbond substituents is 23. The second kappa shape index (κ2) is 29.7. The van der Waals surface area contributed by atoms with E-state index in [0.29, 0.717) is 60.7 Å². The van der Waals surface area contributed by atoms with Crippen molar-refractivity contribution in [1.82, 2.24) is 0 Å². The van der Waals surface area contributed by atoms with Crippen LogP contribution >= 0.6 is 0 Å². The van der Waals surface area contributed by atoms with E-state index in [9.17, 15) is 161 Å². The summed E-state index contributed by atoms with van der Waals surface area (Å²) in [6, 6.07) is 5.20. The van der Waals surface area contributed by atoms with Gasteiger partial charge in [-0.2, -0.15) is 0 Å². The zero-order chi connectivity index (χ0) is 82.0. The lowest BCUT2D eigenvalue weighted by molar-refractivity contribution is -0.284. The van der Waals surface area contributed by atoms with E-state index in [1.807, 2.05) is 0 Å². The van der Waals surface area contributed by atoms with Crippen LogP contribution in [-0.4, -0.2) is 250 Å². The van der Waals surface area contributed by atoms with Crippen LogP contribution in [0, 0.1) is 0 Å². The predicted octanol–water partition coefficient (Wildman–Crippen LogP) is 1.79. The molecule has 2 saturated heterocycles. The number of aliphatic hydroxyl groups excluding tert-OH is 2. The molecule has 0 aromatic heterocycles. The monoisotopic (exact) mass is 1570 g/mol. The highest BCUT2D eigenvalue weighted by molar-refractivity contribution is 6.09. The van der Waals surface area contributed by atoms with Gasteiger partial charge < -0.3 is 180 Å². The van der Waals surface area contributed by atoms with Crippen molar-refractivity contribution in [3.63, 3.8) is 0 Å². The van der Waals surface area contributed by atoms with Crippen molar-refractivity contribution in [1.29, 1.82) is 0 Å². The molecule has 0 radical (unpaired) electrons. The van der Waals surface area contributed by atoms with Crippen molar-refractivity contribution in [3.05, 3.63) is 123 Å². The highest BCUT2D eigenvalue weighted by Gasteiger charge is 2.56. The van der Waals surface area contributed by atoms with Crippen LogP contribution in [0.2, 0.25) is 0 Å². The topological polar surface area (TPSA) is 744 Å². The van der Waals surface area contributed by atoms with Crippen LogP contribution < -0.4 is 4.74 Å². The molecule has 10 atom stereocenters. The molecule has 8 aromatic carbocycles. The van der Waals surface area contributed by atoms with Gasteiger partial charge in [0, 0.05) is 23.3 Å². The molecule has 588 valence electrons. The molecule has 112 heavy (non-hydrogen) atoms. The molecule has 11 rings (SSSR count). The third-order valence-electron chi connectivity index (χ3n) is 16.8. The molecule has 2 bridgehead atoms. The molecule has 44 heteroatoms. The third-order valence-corrected chi connectivity index (χ3v) is 16.8. The second-order valence-corrected chi connectivity index (χ2v) is 24.0.